The second-order valence-corrected chi connectivity index (χ2v) is 8.91. The molecule has 122 valence electrons. The van der Waals surface area contributed by atoms with E-state index in [1.807, 2.05) is 41.3 Å². The van der Waals surface area contributed by atoms with Crippen molar-refractivity contribution in [2.45, 2.75) is 23.0 Å². The fourth-order valence-electron chi connectivity index (χ4n) is 2.65. The monoisotopic (exact) mass is 363 g/mol. The van der Waals surface area contributed by atoms with Crippen LogP contribution >= 0.6 is 34.9 Å². The number of thiophene rings is 1. The van der Waals surface area contributed by atoms with Crippen LogP contribution in [-0.2, 0) is 4.79 Å². The number of carbonyl (C=O) groups excluding carboxylic acids is 1. The summed E-state index contributed by atoms with van der Waals surface area (Å²) in [6.07, 6.45) is 1.71. The summed E-state index contributed by atoms with van der Waals surface area (Å²) >= 11 is 5.59. The van der Waals surface area contributed by atoms with Crippen LogP contribution in [0.1, 0.15) is 23.0 Å². The first-order valence-electron chi connectivity index (χ1n) is 7.93. The van der Waals surface area contributed by atoms with Crippen molar-refractivity contribution >= 4 is 40.8 Å². The van der Waals surface area contributed by atoms with Crippen LogP contribution in [-0.4, -0.2) is 35.4 Å². The lowest BCUT2D eigenvalue weighted by molar-refractivity contribution is -0.130. The first-order valence-corrected chi connectivity index (χ1v) is 10.8. The fourth-order valence-corrected chi connectivity index (χ4v) is 5.75. The minimum atomic E-state index is 0.306. The van der Waals surface area contributed by atoms with Gasteiger partial charge in [0, 0.05) is 46.0 Å². The molecule has 0 aliphatic carbocycles. The van der Waals surface area contributed by atoms with E-state index in [1.165, 1.54) is 9.77 Å². The van der Waals surface area contributed by atoms with Crippen molar-refractivity contribution in [1.82, 2.24) is 4.90 Å². The van der Waals surface area contributed by atoms with Crippen molar-refractivity contribution in [2.24, 2.45) is 0 Å². The van der Waals surface area contributed by atoms with Crippen LogP contribution in [0.5, 0.6) is 0 Å². The van der Waals surface area contributed by atoms with Gasteiger partial charge in [-0.15, -0.1) is 23.1 Å². The summed E-state index contributed by atoms with van der Waals surface area (Å²) in [5, 5.41) is 2.70. The summed E-state index contributed by atoms with van der Waals surface area (Å²) in [5.41, 5.74) is 0. The Labute approximate surface area is 150 Å². The quantitative estimate of drug-likeness (QED) is 0.702. The fraction of sp³-hybridized carbons (Fsp3) is 0.389. The molecule has 1 unspecified atom stereocenters. The summed E-state index contributed by atoms with van der Waals surface area (Å²) < 4.78 is 0. The molecule has 1 aromatic carbocycles. The van der Waals surface area contributed by atoms with Gasteiger partial charge in [0.25, 0.3) is 0 Å². The summed E-state index contributed by atoms with van der Waals surface area (Å²) in [5.74, 6) is 2.21. The van der Waals surface area contributed by atoms with Gasteiger partial charge in [-0.3, -0.25) is 4.79 Å². The van der Waals surface area contributed by atoms with Gasteiger partial charge in [-0.05, 0) is 30.0 Å². The highest BCUT2D eigenvalue weighted by Crippen LogP contribution is 2.36. The minimum absolute atomic E-state index is 0.306. The molecule has 1 aromatic heterocycles. The molecule has 1 saturated heterocycles. The van der Waals surface area contributed by atoms with E-state index in [9.17, 15) is 4.79 Å². The molecule has 3 rings (SSSR count). The van der Waals surface area contributed by atoms with E-state index in [2.05, 4.69) is 34.5 Å². The first kappa shape index (κ1) is 16.9. The van der Waals surface area contributed by atoms with Crippen LogP contribution in [0.3, 0.4) is 0 Å². The molecule has 1 aliphatic rings. The Bertz CT molecular complexity index is 600. The molecule has 2 nitrogen and oxygen atoms in total. The maximum absolute atomic E-state index is 12.4. The van der Waals surface area contributed by atoms with E-state index in [1.54, 1.807) is 11.8 Å². The van der Waals surface area contributed by atoms with Gasteiger partial charge in [0.2, 0.25) is 5.91 Å². The van der Waals surface area contributed by atoms with Crippen molar-refractivity contribution in [3.8, 4) is 0 Å². The number of nitrogens with zero attached hydrogens (tertiary/aromatic N) is 1. The number of hydrogen-bond acceptors (Lipinski definition) is 4. The highest BCUT2D eigenvalue weighted by molar-refractivity contribution is 7.99. The topological polar surface area (TPSA) is 20.3 Å². The zero-order valence-corrected chi connectivity index (χ0v) is 15.5. The molecule has 0 radical (unpaired) electrons. The maximum atomic E-state index is 12.4. The number of amides is 1. The number of hydrogen-bond donors (Lipinski definition) is 0. The molecule has 0 bridgehead atoms. The predicted octanol–water partition coefficient (Wildman–Crippen LogP) is 4.94. The summed E-state index contributed by atoms with van der Waals surface area (Å²) in [4.78, 5) is 17.2. The van der Waals surface area contributed by atoms with Crippen LogP contribution in [0.2, 0.25) is 0 Å². The van der Waals surface area contributed by atoms with Gasteiger partial charge >= 0.3 is 0 Å². The van der Waals surface area contributed by atoms with Crippen LogP contribution in [0, 0.1) is 0 Å². The van der Waals surface area contributed by atoms with Crippen molar-refractivity contribution in [3.05, 3.63) is 52.7 Å². The Balaban J connectivity index is 1.44. The summed E-state index contributed by atoms with van der Waals surface area (Å²) in [6, 6.07) is 14.6. The lowest BCUT2D eigenvalue weighted by Crippen LogP contribution is -2.33. The Hall–Kier alpha value is -0.910. The number of rotatable bonds is 5. The predicted molar refractivity (Wildman–Crippen MR) is 102 cm³/mol. The van der Waals surface area contributed by atoms with Crippen molar-refractivity contribution < 1.29 is 4.79 Å². The van der Waals surface area contributed by atoms with E-state index >= 15 is 0 Å². The smallest absolute Gasteiger partial charge is 0.223 e. The lowest BCUT2D eigenvalue weighted by atomic mass is 10.2. The molecule has 0 N–H and O–H groups in total. The van der Waals surface area contributed by atoms with Gasteiger partial charge in [0.15, 0.2) is 0 Å². The first-order chi connectivity index (χ1) is 11.3. The highest BCUT2D eigenvalue weighted by Gasteiger charge is 2.22. The summed E-state index contributed by atoms with van der Waals surface area (Å²) in [7, 11) is 0. The van der Waals surface area contributed by atoms with Gasteiger partial charge in [-0.2, -0.15) is 11.8 Å². The Morgan fingerprint density at radius 1 is 1.17 bits per heavy atom. The van der Waals surface area contributed by atoms with Gasteiger partial charge in [-0.1, -0.05) is 24.3 Å². The van der Waals surface area contributed by atoms with E-state index in [0.717, 1.165) is 31.0 Å². The second-order valence-electron chi connectivity index (χ2n) is 5.46. The zero-order valence-electron chi connectivity index (χ0n) is 13.0. The molecule has 1 atom stereocenters. The SMILES string of the molecule is O=C(CCSc1ccccc1)N1CCSC(c2cccs2)CC1. The highest BCUT2D eigenvalue weighted by atomic mass is 32.2. The lowest BCUT2D eigenvalue weighted by Gasteiger charge is -2.20. The van der Waals surface area contributed by atoms with Gasteiger partial charge in [-0.25, -0.2) is 0 Å². The molecule has 0 spiro atoms. The molecular formula is C18H21NOS3. The average Bonchev–Trinajstić information content (AvgIpc) is 3.00. The van der Waals surface area contributed by atoms with Crippen LogP contribution in [0.4, 0.5) is 0 Å². The van der Waals surface area contributed by atoms with Crippen LogP contribution in [0.25, 0.3) is 0 Å². The average molecular weight is 364 g/mol. The van der Waals surface area contributed by atoms with Gasteiger partial charge in [0.05, 0.1) is 0 Å². The number of carbonyl (C=O) groups is 1. The van der Waals surface area contributed by atoms with E-state index in [4.69, 9.17) is 0 Å². The van der Waals surface area contributed by atoms with Crippen LogP contribution < -0.4 is 0 Å². The van der Waals surface area contributed by atoms with E-state index in [0.29, 0.717) is 17.6 Å². The largest absolute Gasteiger partial charge is 0.342 e. The summed E-state index contributed by atoms with van der Waals surface area (Å²) in [6.45, 7) is 1.78. The molecule has 1 fully saturated rings. The normalized spacial score (nSPS) is 18.6. The number of benzene rings is 1. The standard InChI is InChI=1S/C18H21NOS3/c20-18(9-13-21-15-5-2-1-3-6-15)19-10-8-17(23-14-11-19)16-7-4-12-22-16/h1-7,12,17H,8-11,13-14H2. The van der Waals surface area contributed by atoms with E-state index in [-0.39, 0.29) is 0 Å². The molecule has 0 saturated carbocycles. The molecule has 1 amide bonds. The van der Waals surface area contributed by atoms with Crippen molar-refractivity contribution in [1.29, 1.82) is 0 Å². The number of thioether (sulfide) groups is 2. The van der Waals surface area contributed by atoms with Gasteiger partial charge in [0.1, 0.15) is 0 Å². The maximum Gasteiger partial charge on any atom is 0.223 e. The molecule has 2 heterocycles. The molecule has 23 heavy (non-hydrogen) atoms. The Morgan fingerprint density at radius 3 is 2.83 bits per heavy atom. The van der Waals surface area contributed by atoms with E-state index < -0.39 is 0 Å². The third kappa shape index (κ3) is 5.03. The third-order valence-corrected chi connectivity index (χ3v) is 7.34. The molecule has 1 aliphatic heterocycles. The minimum Gasteiger partial charge on any atom is -0.342 e. The van der Waals surface area contributed by atoms with Gasteiger partial charge < -0.3 is 4.90 Å². The molecule has 5 heteroatoms. The Morgan fingerprint density at radius 2 is 2.04 bits per heavy atom. The van der Waals surface area contributed by atoms with Crippen LogP contribution in [0.15, 0.2) is 52.7 Å². The second kappa shape index (κ2) is 8.81. The molecular weight excluding hydrogens is 342 g/mol. The zero-order chi connectivity index (χ0) is 15.9. The molecule has 2 aromatic rings. The van der Waals surface area contributed by atoms with Crippen molar-refractivity contribution in [2.75, 3.05) is 24.6 Å². The Kier molecular flexibility index (Phi) is 6.48. The van der Waals surface area contributed by atoms with Crippen molar-refractivity contribution in [3.63, 3.8) is 0 Å². The third-order valence-electron chi connectivity index (χ3n) is 3.88.